The number of aromatic hydroxyl groups is 1. The van der Waals surface area contributed by atoms with Crippen LogP contribution in [-0.4, -0.2) is 25.4 Å². The molecule has 2 rings (SSSR count). The molecule has 0 atom stereocenters. The molecule has 1 N–H and O–H groups in total. The van der Waals surface area contributed by atoms with Gasteiger partial charge in [0.1, 0.15) is 18.1 Å². The summed E-state index contributed by atoms with van der Waals surface area (Å²) in [6.07, 6.45) is 0.775. The van der Waals surface area contributed by atoms with Crippen LogP contribution in [0.3, 0.4) is 0 Å². The van der Waals surface area contributed by atoms with Crippen molar-refractivity contribution in [3.8, 4) is 11.5 Å². The van der Waals surface area contributed by atoms with Gasteiger partial charge in [-0.3, -0.25) is 0 Å². The quantitative estimate of drug-likeness (QED) is 0.824. The molecule has 96 valence electrons. The summed E-state index contributed by atoms with van der Waals surface area (Å²) in [4.78, 5) is 0. The van der Waals surface area contributed by atoms with Crippen LogP contribution in [0.2, 0.25) is 0 Å². The summed E-state index contributed by atoms with van der Waals surface area (Å²) in [5.74, 6) is 1.16. The summed E-state index contributed by atoms with van der Waals surface area (Å²) >= 11 is 0. The second kappa shape index (κ2) is 5.74. The van der Waals surface area contributed by atoms with Gasteiger partial charge in [0.15, 0.2) is 0 Å². The Balaban J connectivity index is 2.47. The van der Waals surface area contributed by atoms with Crippen LogP contribution >= 0.6 is 0 Å². The van der Waals surface area contributed by atoms with Crippen LogP contribution in [0.15, 0.2) is 30.3 Å². The van der Waals surface area contributed by atoms with Crippen molar-refractivity contribution < 1.29 is 14.6 Å². The Morgan fingerprint density at radius 3 is 2.50 bits per heavy atom. The van der Waals surface area contributed by atoms with E-state index < -0.39 is 0 Å². The van der Waals surface area contributed by atoms with Crippen LogP contribution in [0.4, 0.5) is 0 Å². The highest BCUT2D eigenvalue weighted by molar-refractivity contribution is 5.94. The topological polar surface area (TPSA) is 38.7 Å². The summed E-state index contributed by atoms with van der Waals surface area (Å²) < 4.78 is 10.7. The maximum Gasteiger partial charge on any atom is 0.127 e. The lowest BCUT2D eigenvalue weighted by Crippen LogP contribution is -2.05. The maximum absolute atomic E-state index is 10.2. The number of rotatable bonds is 5. The van der Waals surface area contributed by atoms with Gasteiger partial charge in [-0.1, -0.05) is 31.2 Å². The first-order chi connectivity index (χ1) is 8.77. The van der Waals surface area contributed by atoms with Crippen LogP contribution in [-0.2, 0) is 11.2 Å². The fourth-order valence-corrected chi connectivity index (χ4v) is 2.01. The first-order valence-electron chi connectivity index (χ1n) is 6.13. The minimum Gasteiger partial charge on any atom is -0.507 e. The standard InChI is InChI=1S/C15H18O3/c1-3-11-10-14(18-9-8-17-2)12-6-4-5-7-13(12)15(11)16/h4-7,10,16H,3,8-9H2,1-2H3. The molecule has 0 fully saturated rings. The van der Waals surface area contributed by atoms with E-state index in [2.05, 4.69) is 0 Å². The number of benzene rings is 2. The third-order valence-electron chi connectivity index (χ3n) is 2.98. The number of fused-ring (bicyclic) bond motifs is 1. The number of ether oxygens (including phenoxy) is 2. The summed E-state index contributed by atoms with van der Waals surface area (Å²) in [6, 6.07) is 9.63. The first-order valence-corrected chi connectivity index (χ1v) is 6.13. The molecule has 0 aliphatic heterocycles. The predicted molar refractivity (Wildman–Crippen MR) is 72.4 cm³/mol. The molecule has 3 heteroatoms. The Morgan fingerprint density at radius 2 is 1.83 bits per heavy atom. The molecule has 0 aromatic heterocycles. The average molecular weight is 246 g/mol. The van der Waals surface area contributed by atoms with Crippen molar-refractivity contribution in [1.29, 1.82) is 0 Å². The van der Waals surface area contributed by atoms with Gasteiger partial charge in [0.25, 0.3) is 0 Å². The zero-order valence-electron chi connectivity index (χ0n) is 10.8. The number of methoxy groups -OCH3 is 1. The van der Waals surface area contributed by atoms with Gasteiger partial charge in [-0.15, -0.1) is 0 Å². The van der Waals surface area contributed by atoms with Crippen molar-refractivity contribution in [2.24, 2.45) is 0 Å². The van der Waals surface area contributed by atoms with Gasteiger partial charge in [0.05, 0.1) is 6.61 Å². The van der Waals surface area contributed by atoms with Crippen molar-refractivity contribution in [1.82, 2.24) is 0 Å². The molecular weight excluding hydrogens is 228 g/mol. The highest BCUT2D eigenvalue weighted by Crippen LogP contribution is 2.36. The van der Waals surface area contributed by atoms with Crippen LogP contribution in [0.1, 0.15) is 12.5 Å². The third-order valence-corrected chi connectivity index (χ3v) is 2.98. The molecular formula is C15H18O3. The molecule has 0 spiro atoms. The monoisotopic (exact) mass is 246 g/mol. The van der Waals surface area contributed by atoms with E-state index in [9.17, 15) is 5.11 Å². The molecule has 18 heavy (non-hydrogen) atoms. The number of phenolic OH excluding ortho intramolecular Hbond substituents is 1. The normalized spacial score (nSPS) is 10.8. The Labute approximate surface area is 107 Å². The highest BCUT2D eigenvalue weighted by Gasteiger charge is 2.10. The van der Waals surface area contributed by atoms with Gasteiger partial charge < -0.3 is 14.6 Å². The first kappa shape index (κ1) is 12.7. The smallest absolute Gasteiger partial charge is 0.127 e. The highest BCUT2D eigenvalue weighted by atomic mass is 16.5. The SMILES string of the molecule is CCc1cc(OCCOC)c2ccccc2c1O. The van der Waals surface area contributed by atoms with E-state index in [1.165, 1.54) is 0 Å². The van der Waals surface area contributed by atoms with E-state index in [4.69, 9.17) is 9.47 Å². The van der Waals surface area contributed by atoms with E-state index in [1.54, 1.807) is 7.11 Å². The molecule has 0 bridgehead atoms. The number of hydrogen-bond donors (Lipinski definition) is 1. The van der Waals surface area contributed by atoms with E-state index >= 15 is 0 Å². The molecule has 0 heterocycles. The van der Waals surface area contributed by atoms with Gasteiger partial charge in [-0.2, -0.15) is 0 Å². The van der Waals surface area contributed by atoms with Crippen molar-refractivity contribution in [2.45, 2.75) is 13.3 Å². The lowest BCUT2D eigenvalue weighted by Gasteiger charge is -2.13. The van der Waals surface area contributed by atoms with Crippen molar-refractivity contribution in [3.63, 3.8) is 0 Å². The molecule has 3 nitrogen and oxygen atoms in total. The Morgan fingerprint density at radius 1 is 1.11 bits per heavy atom. The molecule has 0 aliphatic carbocycles. The lowest BCUT2D eigenvalue weighted by molar-refractivity contribution is 0.147. The van der Waals surface area contributed by atoms with Crippen molar-refractivity contribution in [3.05, 3.63) is 35.9 Å². The van der Waals surface area contributed by atoms with Gasteiger partial charge in [-0.05, 0) is 18.1 Å². The molecule has 0 saturated heterocycles. The van der Waals surface area contributed by atoms with Crippen molar-refractivity contribution in [2.75, 3.05) is 20.3 Å². The van der Waals surface area contributed by atoms with E-state index in [1.807, 2.05) is 37.3 Å². The Hall–Kier alpha value is -1.74. The molecule has 2 aromatic carbocycles. The number of hydrogen-bond acceptors (Lipinski definition) is 3. The summed E-state index contributed by atoms with van der Waals surface area (Å²) in [7, 11) is 1.65. The molecule has 0 aliphatic rings. The molecule has 0 saturated carbocycles. The summed E-state index contributed by atoms with van der Waals surface area (Å²) in [6.45, 7) is 3.08. The van der Waals surface area contributed by atoms with Crippen LogP contribution in [0.5, 0.6) is 11.5 Å². The summed E-state index contributed by atoms with van der Waals surface area (Å²) in [5, 5.41) is 11.9. The summed E-state index contributed by atoms with van der Waals surface area (Å²) in [5.41, 5.74) is 0.904. The second-order valence-corrected chi connectivity index (χ2v) is 4.12. The third kappa shape index (κ3) is 2.41. The van der Waals surface area contributed by atoms with Crippen LogP contribution in [0.25, 0.3) is 10.8 Å². The fraction of sp³-hybridized carbons (Fsp3) is 0.333. The van der Waals surface area contributed by atoms with Gasteiger partial charge in [-0.25, -0.2) is 0 Å². The average Bonchev–Trinajstić information content (AvgIpc) is 2.42. The lowest BCUT2D eigenvalue weighted by atomic mass is 10.0. The minimum absolute atomic E-state index is 0.354. The minimum atomic E-state index is 0.354. The number of aryl methyl sites for hydroxylation is 1. The zero-order valence-corrected chi connectivity index (χ0v) is 10.8. The Kier molecular flexibility index (Phi) is 4.05. The van der Waals surface area contributed by atoms with Crippen LogP contribution < -0.4 is 4.74 Å². The number of phenols is 1. The Bertz CT molecular complexity index is 534. The molecule has 0 amide bonds. The van der Waals surface area contributed by atoms with Gasteiger partial charge in [0.2, 0.25) is 0 Å². The van der Waals surface area contributed by atoms with Crippen molar-refractivity contribution >= 4 is 10.8 Å². The van der Waals surface area contributed by atoms with E-state index in [0.29, 0.717) is 19.0 Å². The van der Waals surface area contributed by atoms with E-state index in [0.717, 1.165) is 28.5 Å². The maximum atomic E-state index is 10.2. The fourth-order valence-electron chi connectivity index (χ4n) is 2.01. The largest absolute Gasteiger partial charge is 0.507 e. The predicted octanol–water partition coefficient (Wildman–Crippen LogP) is 3.13. The van der Waals surface area contributed by atoms with E-state index in [-0.39, 0.29) is 0 Å². The van der Waals surface area contributed by atoms with Gasteiger partial charge >= 0.3 is 0 Å². The second-order valence-electron chi connectivity index (χ2n) is 4.12. The zero-order chi connectivity index (χ0) is 13.0. The molecule has 0 unspecified atom stereocenters. The van der Waals surface area contributed by atoms with Crippen LogP contribution in [0, 0.1) is 0 Å². The molecule has 0 radical (unpaired) electrons. The molecule has 2 aromatic rings. The van der Waals surface area contributed by atoms with Gasteiger partial charge in [0, 0.05) is 17.9 Å².